The third kappa shape index (κ3) is 1.52. The van der Waals surface area contributed by atoms with Crippen LogP contribution < -0.4 is 0 Å². The summed E-state index contributed by atoms with van der Waals surface area (Å²) in [6.45, 7) is 0. The molecule has 2 heterocycles. The molecule has 0 saturated carbocycles. The third-order valence-corrected chi connectivity index (χ3v) is 5.31. The van der Waals surface area contributed by atoms with E-state index >= 15 is 0 Å². The van der Waals surface area contributed by atoms with Crippen molar-refractivity contribution in [2.45, 2.75) is 0 Å². The Hall–Kier alpha value is -2.03. The molecule has 5 rings (SSSR count). The van der Waals surface area contributed by atoms with Crippen LogP contribution in [0.25, 0.3) is 42.1 Å². The van der Waals surface area contributed by atoms with Gasteiger partial charge in [-0.25, -0.2) is 0 Å². The van der Waals surface area contributed by atoms with Gasteiger partial charge >= 0.3 is 0 Å². The number of hydrogen-bond acceptors (Lipinski definition) is 2. The largest absolute Gasteiger partial charge is 0.456 e. The second-order valence-corrected chi connectivity index (χ2v) is 6.67. The highest BCUT2D eigenvalue weighted by atomic mass is 35.5. The lowest BCUT2D eigenvalue weighted by Crippen LogP contribution is -1.71. The van der Waals surface area contributed by atoms with Crippen molar-refractivity contribution in [2.75, 3.05) is 0 Å². The van der Waals surface area contributed by atoms with Crippen LogP contribution in [-0.2, 0) is 0 Å². The summed E-state index contributed by atoms with van der Waals surface area (Å²) in [6, 6.07) is 18.5. The van der Waals surface area contributed by atoms with E-state index in [1.54, 1.807) is 0 Å². The predicted octanol–water partition coefficient (Wildman–Crippen LogP) is 6.61. The summed E-state index contributed by atoms with van der Waals surface area (Å²) in [5.74, 6) is 0. The van der Waals surface area contributed by atoms with E-state index in [0.717, 1.165) is 21.6 Å². The fourth-order valence-electron chi connectivity index (χ4n) is 3.06. The van der Waals surface area contributed by atoms with E-state index in [1.165, 1.54) is 25.6 Å². The van der Waals surface area contributed by atoms with E-state index in [2.05, 4.69) is 36.4 Å². The Morgan fingerprint density at radius 1 is 0.762 bits per heavy atom. The zero-order chi connectivity index (χ0) is 14.0. The van der Waals surface area contributed by atoms with Crippen LogP contribution in [0.5, 0.6) is 0 Å². The molecular formula is C18H9ClOS. The average molecular weight is 309 g/mol. The van der Waals surface area contributed by atoms with E-state index in [4.69, 9.17) is 16.0 Å². The highest BCUT2D eigenvalue weighted by molar-refractivity contribution is 7.26. The van der Waals surface area contributed by atoms with Gasteiger partial charge in [-0.15, -0.1) is 11.3 Å². The van der Waals surface area contributed by atoms with E-state index in [9.17, 15) is 0 Å². The second-order valence-electron chi connectivity index (χ2n) is 5.15. The quantitative estimate of drug-likeness (QED) is 0.314. The van der Waals surface area contributed by atoms with E-state index in [0.29, 0.717) is 0 Å². The maximum atomic E-state index is 6.18. The van der Waals surface area contributed by atoms with Crippen LogP contribution >= 0.6 is 22.9 Å². The highest BCUT2D eigenvalue weighted by Gasteiger charge is 2.14. The number of hydrogen-bond donors (Lipinski definition) is 0. The summed E-state index contributed by atoms with van der Waals surface area (Å²) in [5.41, 5.74) is 1.81. The molecule has 0 saturated heterocycles. The molecule has 3 aromatic carbocycles. The lowest BCUT2D eigenvalue weighted by atomic mass is 10.1. The van der Waals surface area contributed by atoms with Crippen LogP contribution in [0.2, 0.25) is 5.02 Å². The molecule has 0 atom stereocenters. The minimum atomic E-state index is 0.738. The monoisotopic (exact) mass is 308 g/mol. The van der Waals surface area contributed by atoms with Crippen molar-refractivity contribution in [2.24, 2.45) is 0 Å². The van der Waals surface area contributed by atoms with E-state index < -0.39 is 0 Å². The zero-order valence-corrected chi connectivity index (χ0v) is 12.5. The molecule has 21 heavy (non-hydrogen) atoms. The van der Waals surface area contributed by atoms with E-state index in [1.807, 2.05) is 29.5 Å². The third-order valence-electron chi connectivity index (χ3n) is 3.94. The molecule has 0 unspecified atom stereocenters. The Bertz CT molecular complexity index is 1150. The number of furan rings is 1. The first kappa shape index (κ1) is 11.6. The summed E-state index contributed by atoms with van der Waals surface area (Å²) < 4.78 is 8.57. The minimum Gasteiger partial charge on any atom is -0.456 e. The van der Waals surface area contributed by atoms with Crippen molar-refractivity contribution in [3.8, 4) is 0 Å². The lowest BCUT2D eigenvalue weighted by Gasteiger charge is -1.95. The van der Waals surface area contributed by atoms with Gasteiger partial charge in [0, 0.05) is 36.0 Å². The Morgan fingerprint density at radius 2 is 1.62 bits per heavy atom. The highest BCUT2D eigenvalue weighted by Crippen LogP contribution is 2.42. The number of fused-ring (bicyclic) bond motifs is 7. The summed E-state index contributed by atoms with van der Waals surface area (Å²) in [5, 5.41) is 5.55. The summed E-state index contributed by atoms with van der Waals surface area (Å²) in [7, 11) is 0. The van der Waals surface area contributed by atoms with Crippen LogP contribution in [0.4, 0.5) is 0 Å². The van der Waals surface area contributed by atoms with Gasteiger partial charge in [0.2, 0.25) is 0 Å². The van der Waals surface area contributed by atoms with Crippen molar-refractivity contribution in [1.82, 2.24) is 0 Å². The van der Waals surface area contributed by atoms with Crippen molar-refractivity contribution in [3.63, 3.8) is 0 Å². The molecule has 5 aromatic rings. The second kappa shape index (κ2) is 4.00. The maximum absolute atomic E-state index is 6.18. The first-order valence-corrected chi connectivity index (χ1v) is 7.93. The first-order valence-electron chi connectivity index (χ1n) is 6.73. The van der Waals surface area contributed by atoms with Crippen molar-refractivity contribution >= 4 is 65.0 Å². The van der Waals surface area contributed by atoms with Gasteiger partial charge in [0.05, 0.1) is 0 Å². The fraction of sp³-hybridized carbons (Fsp3) is 0. The first-order chi connectivity index (χ1) is 10.3. The average Bonchev–Trinajstić information content (AvgIpc) is 3.04. The molecule has 3 heteroatoms. The normalized spacial score (nSPS) is 12.0. The molecule has 100 valence electrons. The number of rotatable bonds is 0. The van der Waals surface area contributed by atoms with Crippen LogP contribution in [0.3, 0.4) is 0 Å². The standard InChI is InChI=1S/C18H9ClOS/c19-10-5-6-13-12(9-10)17-14(20-13)7-8-16-18(17)11-3-1-2-4-15(11)21-16/h1-9H. The van der Waals surface area contributed by atoms with Gasteiger partial charge in [-0.05, 0) is 36.4 Å². The van der Waals surface area contributed by atoms with Gasteiger partial charge in [-0.3, -0.25) is 0 Å². The van der Waals surface area contributed by atoms with Crippen molar-refractivity contribution < 1.29 is 4.42 Å². The minimum absolute atomic E-state index is 0.738. The predicted molar refractivity (Wildman–Crippen MR) is 91.6 cm³/mol. The van der Waals surface area contributed by atoms with Gasteiger partial charge in [-0.1, -0.05) is 29.8 Å². The molecule has 0 aliphatic carbocycles. The van der Waals surface area contributed by atoms with Crippen LogP contribution in [0.1, 0.15) is 0 Å². The van der Waals surface area contributed by atoms with E-state index in [-0.39, 0.29) is 0 Å². The molecule has 0 aliphatic heterocycles. The summed E-state index contributed by atoms with van der Waals surface area (Å²) in [6.07, 6.45) is 0. The Balaban J connectivity index is 2.16. The number of thiophene rings is 1. The topological polar surface area (TPSA) is 13.1 Å². The Morgan fingerprint density at radius 3 is 2.57 bits per heavy atom. The Labute approximate surface area is 129 Å². The smallest absolute Gasteiger partial charge is 0.136 e. The molecule has 0 aliphatic rings. The molecule has 0 amide bonds. The SMILES string of the molecule is Clc1ccc2oc3ccc4sc5ccccc5c4c3c2c1. The number of benzene rings is 3. The molecule has 2 aromatic heterocycles. The molecule has 0 radical (unpaired) electrons. The van der Waals surface area contributed by atoms with Gasteiger partial charge in [0.15, 0.2) is 0 Å². The molecule has 0 N–H and O–H groups in total. The lowest BCUT2D eigenvalue weighted by molar-refractivity contribution is 0.669. The van der Waals surface area contributed by atoms with Crippen molar-refractivity contribution in [1.29, 1.82) is 0 Å². The van der Waals surface area contributed by atoms with Gasteiger partial charge < -0.3 is 4.42 Å². The van der Waals surface area contributed by atoms with Crippen molar-refractivity contribution in [3.05, 3.63) is 59.6 Å². The molecule has 1 nitrogen and oxygen atoms in total. The van der Waals surface area contributed by atoms with Crippen LogP contribution in [-0.4, -0.2) is 0 Å². The molecular weight excluding hydrogens is 300 g/mol. The van der Waals surface area contributed by atoms with Crippen LogP contribution in [0.15, 0.2) is 59.0 Å². The zero-order valence-electron chi connectivity index (χ0n) is 10.9. The van der Waals surface area contributed by atoms with Gasteiger partial charge in [0.1, 0.15) is 11.2 Å². The summed E-state index contributed by atoms with van der Waals surface area (Å²) >= 11 is 8.00. The summed E-state index contributed by atoms with van der Waals surface area (Å²) in [4.78, 5) is 0. The van der Waals surface area contributed by atoms with Crippen LogP contribution in [0, 0.1) is 0 Å². The molecule has 0 spiro atoms. The van der Waals surface area contributed by atoms with Gasteiger partial charge in [0.25, 0.3) is 0 Å². The molecule has 0 bridgehead atoms. The fourth-order valence-corrected chi connectivity index (χ4v) is 4.34. The maximum Gasteiger partial charge on any atom is 0.136 e. The molecule has 0 fully saturated rings. The van der Waals surface area contributed by atoms with Gasteiger partial charge in [-0.2, -0.15) is 0 Å². The Kier molecular flexibility index (Phi) is 2.21. The number of halogens is 1.